The number of nitrogens with zero attached hydrogens (tertiary/aromatic N) is 1. The van der Waals surface area contributed by atoms with Gasteiger partial charge >= 0.3 is 6.18 Å². The topological polar surface area (TPSA) is 48.1 Å². The molecule has 0 fully saturated rings. The normalized spacial score (nSPS) is 11.6. The third-order valence-corrected chi connectivity index (χ3v) is 3.35. The smallest absolute Gasteiger partial charge is 0.419 e. The summed E-state index contributed by atoms with van der Waals surface area (Å²) < 4.78 is 42.9. The first kappa shape index (κ1) is 13.7. The van der Waals surface area contributed by atoms with Gasteiger partial charge < -0.3 is 10.5 Å². The van der Waals surface area contributed by atoms with Crippen molar-refractivity contribution in [3.05, 3.63) is 40.4 Å². The number of alkyl halides is 3. The number of nitrogen functional groups attached to an aromatic ring is 1. The molecule has 0 unspecified atom stereocenters. The Kier molecular flexibility index (Phi) is 3.66. The van der Waals surface area contributed by atoms with Crippen molar-refractivity contribution in [1.29, 1.82) is 0 Å². The number of hydrogen-bond acceptors (Lipinski definition) is 4. The van der Waals surface area contributed by atoms with E-state index in [1.807, 2.05) is 0 Å². The van der Waals surface area contributed by atoms with E-state index in [4.69, 9.17) is 10.5 Å². The maximum Gasteiger partial charge on any atom is 0.419 e. The number of nitrogens with two attached hydrogens (primary N) is 1. The third kappa shape index (κ3) is 3.17. The van der Waals surface area contributed by atoms with Gasteiger partial charge in [0.25, 0.3) is 0 Å². The summed E-state index contributed by atoms with van der Waals surface area (Å²) in [6, 6.07) is 3.85. The molecular formula is C12H11F3N2OS. The number of ether oxygens (including phenoxy) is 1. The Morgan fingerprint density at radius 3 is 2.63 bits per heavy atom. The molecule has 0 atom stereocenters. The molecule has 0 aliphatic rings. The summed E-state index contributed by atoms with van der Waals surface area (Å²) in [7, 11) is 1.22. The van der Waals surface area contributed by atoms with E-state index in [1.54, 1.807) is 6.20 Å². The lowest BCUT2D eigenvalue weighted by molar-refractivity contribution is -0.138. The Morgan fingerprint density at radius 2 is 2.11 bits per heavy atom. The van der Waals surface area contributed by atoms with E-state index in [1.165, 1.54) is 30.6 Å². The van der Waals surface area contributed by atoms with Crippen LogP contribution in [0.1, 0.15) is 16.0 Å². The summed E-state index contributed by atoms with van der Waals surface area (Å²) in [4.78, 5) is 4.79. The molecule has 1 aromatic heterocycles. The Hall–Kier alpha value is -1.76. The summed E-state index contributed by atoms with van der Waals surface area (Å²) in [5.41, 5.74) is 5.44. The molecule has 0 spiro atoms. The molecule has 102 valence electrons. The third-order valence-electron chi connectivity index (χ3n) is 2.52. The first-order valence-corrected chi connectivity index (χ1v) is 6.16. The van der Waals surface area contributed by atoms with Crippen molar-refractivity contribution < 1.29 is 17.9 Å². The van der Waals surface area contributed by atoms with Crippen molar-refractivity contribution in [1.82, 2.24) is 4.98 Å². The molecule has 0 saturated heterocycles. The number of aromatic nitrogens is 1. The van der Waals surface area contributed by atoms with Crippen LogP contribution >= 0.6 is 11.3 Å². The lowest BCUT2D eigenvalue weighted by atomic mass is 10.1. The Balaban J connectivity index is 2.29. The monoisotopic (exact) mass is 288 g/mol. The second-order valence-electron chi connectivity index (χ2n) is 3.87. The van der Waals surface area contributed by atoms with Gasteiger partial charge in [-0.2, -0.15) is 13.2 Å². The first-order chi connectivity index (χ1) is 8.90. The molecule has 1 aromatic carbocycles. The maximum atomic E-state index is 12.7. The standard InChI is InChI=1S/C12H11F3N2OS/c1-18-10-5-7(2-3-9(10)12(13,14)15)4-8-6-17-11(16)19-8/h2-3,5-6H,4H2,1H3,(H2,16,17). The van der Waals surface area contributed by atoms with Crippen molar-refractivity contribution in [2.75, 3.05) is 12.8 Å². The van der Waals surface area contributed by atoms with E-state index in [9.17, 15) is 13.2 Å². The van der Waals surface area contributed by atoms with Crippen molar-refractivity contribution in [2.24, 2.45) is 0 Å². The fourth-order valence-electron chi connectivity index (χ4n) is 1.69. The van der Waals surface area contributed by atoms with E-state index in [-0.39, 0.29) is 5.75 Å². The number of halogens is 3. The molecular weight excluding hydrogens is 277 g/mol. The number of methoxy groups -OCH3 is 1. The zero-order valence-corrected chi connectivity index (χ0v) is 10.8. The second-order valence-corrected chi connectivity index (χ2v) is 5.02. The van der Waals surface area contributed by atoms with E-state index < -0.39 is 11.7 Å². The predicted octanol–water partition coefficient (Wildman–Crippen LogP) is 3.34. The highest BCUT2D eigenvalue weighted by atomic mass is 32.1. The van der Waals surface area contributed by atoms with Crippen LogP contribution in [0.25, 0.3) is 0 Å². The number of anilines is 1. The van der Waals surface area contributed by atoms with Gasteiger partial charge in [0.1, 0.15) is 5.75 Å². The first-order valence-electron chi connectivity index (χ1n) is 5.34. The Labute approximate surface area is 111 Å². The predicted molar refractivity (Wildman–Crippen MR) is 67.3 cm³/mol. The van der Waals surface area contributed by atoms with Crippen LogP contribution in [0.4, 0.5) is 18.3 Å². The highest BCUT2D eigenvalue weighted by Gasteiger charge is 2.34. The van der Waals surface area contributed by atoms with E-state index in [0.717, 1.165) is 10.9 Å². The van der Waals surface area contributed by atoms with Gasteiger partial charge in [-0.3, -0.25) is 0 Å². The Bertz CT molecular complexity index is 581. The number of thiazole rings is 1. The summed E-state index contributed by atoms with van der Waals surface area (Å²) in [6.07, 6.45) is -2.33. The van der Waals surface area contributed by atoms with Gasteiger partial charge in [-0.05, 0) is 17.7 Å². The van der Waals surface area contributed by atoms with Crippen LogP contribution in [0.3, 0.4) is 0 Å². The van der Waals surface area contributed by atoms with Gasteiger partial charge in [0.05, 0.1) is 12.7 Å². The summed E-state index contributed by atoms with van der Waals surface area (Å²) in [6.45, 7) is 0. The van der Waals surface area contributed by atoms with Crippen LogP contribution in [0.15, 0.2) is 24.4 Å². The van der Waals surface area contributed by atoms with Crippen LogP contribution in [0.5, 0.6) is 5.75 Å². The van der Waals surface area contributed by atoms with Crippen LogP contribution in [0.2, 0.25) is 0 Å². The van der Waals surface area contributed by atoms with E-state index in [2.05, 4.69) is 4.98 Å². The largest absolute Gasteiger partial charge is 0.496 e. The summed E-state index contributed by atoms with van der Waals surface area (Å²) in [5, 5.41) is 0.439. The van der Waals surface area contributed by atoms with Crippen LogP contribution < -0.4 is 10.5 Å². The molecule has 0 amide bonds. The maximum absolute atomic E-state index is 12.7. The van der Waals surface area contributed by atoms with Gasteiger partial charge in [-0.25, -0.2) is 4.98 Å². The van der Waals surface area contributed by atoms with Crippen molar-refractivity contribution in [3.63, 3.8) is 0 Å². The van der Waals surface area contributed by atoms with Crippen LogP contribution in [0, 0.1) is 0 Å². The minimum absolute atomic E-state index is 0.178. The van der Waals surface area contributed by atoms with Crippen molar-refractivity contribution >= 4 is 16.5 Å². The molecule has 3 nitrogen and oxygen atoms in total. The molecule has 2 aromatic rings. The van der Waals surface area contributed by atoms with E-state index >= 15 is 0 Å². The van der Waals surface area contributed by atoms with Crippen LogP contribution in [-0.4, -0.2) is 12.1 Å². The van der Waals surface area contributed by atoms with Crippen LogP contribution in [-0.2, 0) is 12.6 Å². The fourth-order valence-corrected chi connectivity index (χ4v) is 2.40. The number of hydrogen-bond donors (Lipinski definition) is 1. The minimum Gasteiger partial charge on any atom is -0.496 e. The highest BCUT2D eigenvalue weighted by molar-refractivity contribution is 7.15. The van der Waals surface area contributed by atoms with Gasteiger partial charge in [0, 0.05) is 17.5 Å². The van der Waals surface area contributed by atoms with Gasteiger partial charge in [0.2, 0.25) is 0 Å². The van der Waals surface area contributed by atoms with E-state index in [0.29, 0.717) is 17.1 Å². The quantitative estimate of drug-likeness (QED) is 0.942. The number of rotatable bonds is 3. The Morgan fingerprint density at radius 1 is 1.37 bits per heavy atom. The lowest BCUT2D eigenvalue weighted by Gasteiger charge is -2.12. The van der Waals surface area contributed by atoms with Gasteiger partial charge in [-0.1, -0.05) is 6.07 Å². The lowest BCUT2D eigenvalue weighted by Crippen LogP contribution is -2.07. The molecule has 0 bridgehead atoms. The molecule has 2 N–H and O–H groups in total. The molecule has 7 heteroatoms. The second kappa shape index (κ2) is 5.08. The van der Waals surface area contributed by atoms with Crippen molar-refractivity contribution in [2.45, 2.75) is 12.6 Å². The minimum atomic E-state index is -4.42. The fraction of sp³-hybridized carbons (Fsp3) is 0.250. The molecule has 0 saturated carbocycles. The summed E-state index contributed by atoms with van der Waals surface area (Å²) in [5.74, 6) is -0.178. The zero-order chi connectivity index (χ0) is 14.0. The highest BCUT2D eigenvalue weighted by Crippen LogP contribution is 2.37. The molecule has 2 rings (SSSR count). The number of benzene rings is 1. The zero-order valence-electron chi connectivity index (χ0n) is 9.99. The average Bonchev–Trinajstić information content (AvgIpc) is 2.73. The molecule has 1 heterocycles. The molecule has 0 aliphatic carbocycles. The summed E-state index contributed by atoms with van der Waals surface area (Å²) >= 11 is 1.31. The molecule has 0 aliphatic heterocycles. The van der Waals surface area contributed by atoms with Crippen molar-refractivity contribution in [3.8, 4) is 5.75 Å². The SMILES string of the molecule is COc1cc(Cc2cnc(N)s2)ccc1C(F)(F)F. The van der Waals surface area contributed by atoms with Gasteiger partial charge in [-0.15, -0.1) is 11.3 Å². The van der Waals surface area contributed by atoms with Gasteiger partial charge in [0.15, 0.2) is 5.13 Å². The molecule has 0 radical (unpaired) electrons. The molecule has 19 heavy (non-hydrogen) atoms. The average molecular weight is 288 g/mol.